The molecule has 1 N–H and O–H groups in total. The molecule has 0 aliphatic rings. The molecular formula is C15H10N2O6S. The van der Waals surface area contributed by atoms with Gasteiger partial charge < -0.3 is 4.42 Å². The third-order valence-corrected chi connectivity index (χ3v) is 4.65. The van der Waals surface area contributed by atoms with Gasteiger partial charge in [0.15, 0.2) is 4.90 Å². The molecular weight excluding hydrogens is 336 g/mol. The van der Waals surface area contributed by atoms with Crippen molar-refractivity contribution in [1.29, 1.82) is 0 Å². The molecule has 0 spiro atoms. The molecule has 1 aromatic heterocycles. The highest BCUT2D eigenvalue weighted by atomic mass is 32.2. The summed E-state index contributed by atoms with van der Waals surface area (Å²) in [7, 11) is -4.33. The van der Waals surface area contributed by atoms with E-state index in [4.69, 9.17) is 4.42 Å². The van der Waals surface area contributed by atoms with Gasteiger partial charge in [-0.2, -0.15) is 0 Å². The molecule has 9 heteroatoms. The van der Waals surface area contributed by atoms with Gasteiger partial charge in [0.25, 0.3) is 15.7 Å². The lowest BCUT2D eigenvalue weighted by molar-refractivity contribution is -0.387. The monoisotopic (exact) mass is 346 g/mol. The van der Waals surface area contributed by atoms with E-state index in [9.17, 15) is 23.3 Å². The van der Waals surface area contributed by atoms with Gasteiger partial charge in [-0.25, -0.2) is 13.2 Å². The first-order valence-electron chi connectivity index (χ1n) is 6.67. The number of hydrogen-bond donors (Lipinski definition) is 1. The quantitative estimate of drug-likeness (QED) is 0.440. The average Bonchev–Trinajstić information content (AvgIpc) is 2.55. The van der Waals surface area contributed by atoms with Crippen LogP contribution in [0.5, 0.6) is 0 Å². The summed E-state index contributed by atoms with van der Waals surface area (Å²) in [6.45, 7) is 0. The molecule has 0 radical (unpaired) electrons. The van der Waals surface area contributed by atoms with Crippen LogP contribution >= 0.6 is 0 Å². The van der Waals surface area contributed by atoms with Crippen molar-refractivity contribution < 1.29 is 17.8 Å². The maximum atomic E-state index is 12.4. The summed E-state index contributed by atoms with van der Waals surface area (Å²) in [5, 5.41) is 11.5. The van der Waals surface area contributed by atoms with E-state index >= 15 is 0 Å². The summed E-state index contributed by atoms with van der Waals surface area (Å²) < 4.78 is 31.9. The fourth-order valence-electron chi connectivity index (χ4n) is 2.17. The minimum atomic E-state index is -4.33. The first-order chi connectivity index (χ1) is 11.4. The van der Waals surface area contributed by atoms with E-state index < -0.39 is 31.2 Å². The standard InChI is InChI=1S/C15H10N2O6S/c18-15-11(9-10-5-1-3-7-13(10)23-15)16-24(21,22)14-8-4-2-6-12(14)17(19)20/h1-9,16H. The van der Waals surface area contributed by atoms with Gasteiger partial charge in [-0.1, -0.05) is 30.3 Å². The molecule has 3 aromatic rings. The third kappa shape index (κ3) is 2.84. The Bertz CT molecular complexity index is 1100. The molecule has 0 amide bonds. The van der Waals surface area contributed by atoms with Gasteiger partial charge in [-0.15, -0.1) is 0 Å². The zero-order chi connectivity index (χ0) is 17.3. The Morgan fingerprint density at radius 2 is 1.71 bits per heavy atom. The number of nitrogens with one attached hydrogen (secondary N) is 1. The van der Waals surface area contributed by atoms with Crippen molar-refractivity contribution in [3.05, 3.63) is 75.1 Å². The number of fused-ring (bicyclic) bond motifs is 1. The lowest BCUT2D eigenvalue weighted by Crippen LogP contribution is -2.19. The fourth-order valence-corrected chi connectivity index (χ4v) is 3.39. The van der Waals surface area contributed by atoms with Gasteiger partial charge in [-0.05, 0) is 18.2 Å². The number of nitrogens with zero attached hydrogens (tertiary/aromatic N) is 1. The number of benzene rings is 2. The van der Waals surface area contributed by atoms with E-state index in [0.29, 0.717) is 11.0 Å². The van der Waals surface area contributed by atoms with E-state index in [-0.39, 0.29) is 5.69 Å². The topological polar surface area (TPSA) is 120 Å². The number of nitro groups is 1. The van der Waals surface area contributed by atoms with Crippen LogP contribution in [0.4, 0.5) is 11.4 Å². The molecule has 0 saturated carbocycles. The number of sulfonamides is 1. The molecule has 3 rings (SSSR count). The number of rotatable bonds is 4. The van der Waals surface area contributed by atoms with Gasteiger partial charge in [0.05, 0.1) is 4.92 Å². The van der Waals surface area contributed by atoms with Gasteiger partial charge in [0.2, 0.25) is 0 Å². The van der Waals surface area contributed by atoms with E-state index in [1.165, 1.54) is 18.2 Å². The maximum Gasteiger partial charge on any atom is 0.360 e. The summed E-state index contributed by atoms with van der Waals surface area (Å²) in [4.78, 5) is 21.6. The Balaban J connectivity index is 2.09. The second kappa shape index (κ2) is 5.78. The number of nitro benzene ring substituents is 1. The molecule has 24 heavy (non-hydrogen) atoms. The lowest BCUT2D eigenvalue weighted by Gasteiger charge is -2.08. The molecule has 2 aromatic carbocycles. The van der Waals surface area contributed by atoms with Gasteiger partial charge >= 0.3 is 5.63 Å². The van der Waals surface area contributed by atoms with Crippen LogP contribution in [-0.4, -0.2) is 13.3 Å². The Hall–Kier alpha value is -3.20. The minimum Gasteiger partial charge on any atom is -0.421 e. The highest BCUT2D eigenvalue weighted by Crippen LogP contribution is 2.25. The van der Waals surface area contributed by atoms with Crippen molar-refractivity contribution in [2.45, 2.75) is 4.90 Å². The summed E-state index contributed by atoms with van der Waals surface area (Å²) in [5.74, 6) is 0. The van der Waals surface area contributed by atoms with Crippen molar-refractivity contribution >= 4 is 32.4 Å². The summed E-state index contributed by atoms with van der Waals surface area (Å²) in [5.41, 5.74) is -1.51. The van der Waals surface area contributed by atoms with E-state index in [1.807, 2.05) is 0 Å². The minimum absolute atomic E-state index is 0.302. The van der Waals surface area contributed by atoms with Gasteiger partial charge in [0, 0.05) is 11.5 Å². The van der Waals surface area contributed by atoms with E-state index in [0.717, 1.165) is 12.1 Å². The highest BCUT2D eigenvalue weighted by molar-refractivity contribution is 7.92. The van der Waals surface area contributed by atoms with Crippen molar-refractivity contribution in [1.82, 2.24) is 0 Å². The zero-order valence-electron chi connectivity index (χ0n) is 12.0. The smallest absolute Gasteiger partial charge is 0.360 e. The van der Waals surface area contributed by atoms with Gasteiger partial charge in [0.1, 0.15) is 11.3 Å². The molecule has 0 saturated heterocycles. The highest BCUT2D eigenvalue weighted by Gasteiger charge is 2.26. The number of hydrogen-bond acceptors (Lipinski definition) is 6. The van der Waals surface area contributed by atoms with Crippen molar-refractivity contribution in [3.8, 4) is 0 Å². The molecule has 0 aliphatic carbocycles. The average molecular weight is 346 g/mol. The predicted octanol–water partition coefficient (Wildman–Crippen LogP) is 2.50. The van der Waals surface area contributed by atoms with Crippen LogP contribution < -0.4 is 10.3 Å². The van der Waals surface area contributed by atoms with Crippen LogP contribution in [0.2, 0.25) is 0 Å². The van der Waals surface area contributed by atoms with Crippen molar-refractivity contribution in [2.75, 3.05) is 4.72 Å². The third-order valence-electron chi connectivity index (χ3n) is 3.24. The normalized spacial score (nSPS) is 11.3. The van der Waals surface area contributed by atoms with E-state index in [1.54, 1.807) is 24.3 Å². The Labute approximate surface area is 135 Å². The molecule has 8 nitrogen and oxygen atoms in total. The second-order valence-corrected chi connectivity index (χ2v) is 6.47. The molecule has 0 bridgehead atoms. The molecule has 122 valence electrons. The predicted molar refractivity (Wildman–Crippen MR) is 86.4 cm³/mol. The molecule has 0 aliphatic heterocycles. The SMILES string of the molecule is O=c1oc2ccccc2cc1NS(=O)(=O)c1ccccc1[N+](=O)[O-]. The Kier molecular flexibility index (Phi) is 3.78. The molecule has 0 atom stereocenters. The Morgan fingerprint density at radius 3 is 2.46 bits per heavy atom. The number of para-hydroxylation sites is 2. The Morgan fingerprint density at radius 1 is 1.04 bits per heavy atom. The van der Waals surface area contributed by atoms with Crippen LogP contribution in [0.3, 0.4) is 0 Å². The van der Waals surface area contributed by atoms with Gasteiger partial charge in [-0.3, -0.25) is 14.8 Å². The van der Waals surface area contributed by atoms with Crippen molar-refractivity contribution in [3.63, 3.8) is 0 Å². The van der Waals surface area contributed by atoms with Crippen molar-refractivity contribution in [2.24, 2.45) is 0 Å². The van der Waals surface area contributed by atoms with Crippen LogP contribution in [0.1, 0.15) is 0 Å². The first kappa shape index (κ1) is 15.7. The molecule has 1 heterocycles. The second-order valence-electron chi connectivity index (χ2n) is 4.82. The molecule has 0 fully saturated rings. The summed E-state index contributed by atoms with van der Waals surface area (Å²) in [6, 6.07) is 12.7. The van der Waals surface area contributed by atoms with Crippen LogP contribution in [0.15, 0.2) is 68.7 Å². The number of anilines is 1. The summed E-state index contributed by atoms with van der Waals surface area (Å²) >= 11 is 0. The summed E-state index contributed by atoms with van der Waals surface area (Å²) in [6.07, 6.45) is 0. The van der Waals surface area contributed by atoms with E-state index in [2.05, 4.69) is 4.72 Å². The fraction of sp³-hybridized carbons (Fsp3) is 0. The van der Waals surface area contributed by atoms with Crippen LogP contribution in [0.25, 0.3) is 11.0 Å². The largest absolute Gasteiger partial charge is 0.421 e. The molecule has 0 unspecified atom stereocenters. The lowest BCUT2D eigenvalue weighted by atomic mass is 10.2. The maximum absolute atomic E-state index is 12.4. The first-order valence-corrected chi connectivity index (χ1v) is 8.16. The van der Waals surface area contributed by atoms with Crippen LogP contribution in [-0.2, 0) is 10.0 Å². The zero-order valence-corrected chi connectivity index (χ0v) is 12.8. The van der Waals surface area contributed by atoms with Crippen LogP contribution in [0, 0.1) is 10.1 Å².